The lowest BCUT2D eigenvalue weighted by Gasteiger charge is -2.30. The highest BCUT2D eigenvalue weighted by atomic mass is 32.1. The van der Waals surface area contributed by atoms with Gasteiger partial charge in [-0.1, -0.05) is 0 Å². The summed E-state index contributed by atoms with van der Waals surface area (Å²) in [5.41, 5.74) is 7.77. The first-order valence-corrected chi connectivity index (χ1v) is 15.2. The van der Waals surface area contributed by atoms with E-state index in [1.54, 1.807) is 7.11 Å². The molecule has 6 heterocycles. The highest BCUT2D eigenvalue weighted by Crippen LogP contribution is 2.47. The second kappa shape index (κ2) is 11.4. The summed E-state index contributed by atoms with van der Waals surface area (Å²) in [5, 5.41) is 1.07. The number of alkyl halides is 1. The van der Waals surface area contributed by atoms with E-state index in [-0.39, 0.29) is 72.9 Å². The van der Waals surface area contributed by atoms with Crippen molar-refractivity contribution in [2.45, 2.75) is 50.7 Å². The fraction of sp³-hybridized carbons (Fsp3) is 0.467. The molecule has 3 aliphatic heterocycles. The van der Waals surface area contributed by atoms with Gasteiger partial charge in [-0.05, 0) is 37.2 Å². The number of methoxy groups -OCH3 is 1. The van der Waals surface area contributed by atoms with Gasteiger partial charge in [0.2, 0.25) is 5.88 Å². The molecule has 2 fully saturated rings. The molecule has 0 saturated carbocycles. The number of pyridine rings is 1. The van der Waals surface area contributed by atoms with E-state index < -0.39 is 23.3 Å². The van der Waals surface area contributed by atoms with Crippen molar-refractivity contribution in [3.05, 3.63) is 34.5 Å². The number of aromatic nitrogens is 3. The van der Waals surface area contributed by atoms with Crippen molar-refractivity contribution < 1.29 is 32.1 Å². The average molecular weight is 629 g/mol. The number of rotatable bonds is 10. The number of thiophene rings is 1. The first-order chi connectivity index (χ1) is 21.3. The minimum absolute atomic E-state index is 0.0527. The van der Waals surface area contributed by atoms with E-state index in [4.69, 9.17) is 24.7 Å². The van der Waals surface area contributed by atoms with Crippen molar-refractivity contribution in [1.82, 2.24) is 19.9 Å². The average Bonchev–Trinajstić information content (AvgIpc) is 3.77. The number of benzene rings is 1. The van der Waals surface area contributed by atoms with Crippen LogP contribution >= 0.6 is 11.3 Å². The van der Waals surface area contributed by atoms with Crippen LogP contribution in [0.15, 0.2) is 11.2 Å². The van der Waals surface area contributed by atoms with E-state index in [1.807, 2.05) is 0 Å². The minimum atomic E-state index is -0.931. The summed E-state index contributed by atoms with van der Waals surface area (Å²) in [6.07, 6.45) is 2.22. The molecule has 0 amide bonds. The Morgan fingerprint density at radius 3 is 2.86 bits per heavy atom. The number of hydrogen-bond acceptors (Lipinski definition) is 11. The summed E-state index contributed by atoms with van der Waals surface area (Å²) >= 11 is 1.05. The molecule has 2 atom stereocenters. The zero-order chi connectivity index (χ0) is 30.6. The molecule has 10 nitrogen and oxygen atoms in total. The van der Waals surface area contributed by atoms with Gasteiger partial charge >= 0.3 is 6.01 Å². The molecule has 3 aliphatic rings. The second-order valence-corrected chi connectivity index (χ2v) is 12.4. The van der Waals surface area contributed by atoms with Crippen LogP contribution in [0.2, 0.25) is 0 Å². The van der Waals surface area contributed by atoms with E-state index in [2.05, 4.69) is 31.6 Å². The smallest absolute Gasteiger partial charge is 0.320 e. The zero-order valence-electron chi connectivity index (χ0n) is 24.1. The molecule has 0 aliphatic carbocycles. The summed E-state index contributed by atoms with van der Waals surface area (Å²) in [4.78, 5) is 19.5. The molecule has 44 heavy (non-hydrogen) atoms. The summed E-state index contributed by atoms with van der Waals surface area (Å²) in [7, 11) is 1.55. The Bertz CT molecular complexity index is 1790. The molecule has 0 bridgehead atoms. The number of fused-ring (bicyclic) bond motifs is 5. The highest BCUT2D eigenvalue weighted by Gasteiger charge is 2.49. The third-order valence-corrected chi connectivity index (χ3v) is 9.88. The maximum absolute atomic E-state index is 17.0. The molecule has 2 N–H and O–H groups in total. The van der Waals surface area contributed by atoms with Crippen LogP contribution in [-0.4, -0.2) is 78.3 Å². The molecular formula is C30H31F3N6O4S. The summed E-state index contributed by atoms with van der Waals surface area (Å²) < 4.78 is 69.7. The lowest BCUT2D eigenvalue weighted by Crippen LogP contribution is -2.43. The highest BCUT2D eigenvalue weighted by molar-refractivity contribution is 7.23. The van der Waals surface area contributed by atoms with Crippen molar-refractivity contribution in [1.29, 1.82) is 0 Å². The Hall–Kier alpha value is -3.59. The molecular weight excluding hydrogens is 597 g/mol. The van der Waals surface area contributed by atoms with Gasteiger partial charge in [-0.15, -0.1) is 11.3 Å². The predicted octanol–water partition coefficient (Wildman–Crippen LogP) is 4.98. The van der Waals surface area contributed by atoms with E-state index in [1.165, 1.54) is 0 Å². The van der Waals surface area contributed by atoms with Crippen LogP contribution in [0.4, 0.5) is 18.2 Å². The van der Waals surface area contributed by atoms with E-state index in [0.29, 0.717) is 45.4 Å². The monoisotopic (exact) mass is 628 g/mol. The number of halogens is 3. The number of anilines is 1. The molecule has 232 valence electrons. The van der Waals surface area contributed by atoms with Gasteiger partial charge in [-0.25, -0.2) is 13.2 Å². The van der Waals surface area contributed by atoms with Crippen molar-refractivity contribution >= 4 is 44.0 Å². The number of hydrogen-bond donors (Lipinski definition) is 1. The number of nitrogens with two attached hydrogens (primary N) is 1. The third kappa shape index (κ3) is 4.66. The standard InChI is InChI=1S/C30H31F3N6O4S/c1-35-9-16-21-24(36-10-19(32)26(21)44-27(16)34)20-17-12-41-13-18(17)22-25(23(20)33)37-29(38-28(22)42-7-6-40-2)43-14-30-4-3-5-39(30)11-15(31)8-30/h10,15H,1,3-9,11-14,34H2,2H3/t15-,30?/m1/s1. The lowest BCUT2D eigenvalue weighted by atomic mass is 9.93. The maximum atomic E-state index is 17.0. The first-order valence-electron chi connectivity index (χ1n) is 14.4. The first kappa shape index (κ1) is 29.1. The van der Waals surface area contributed by atoms with Gasteiger partial charge in [0.15, 0.2) is 11.6 Å². The summed E-state index contributed by atoms with van der Waals surface area (Å²) in [5.74, 6) is -1.15. The number of nitrogens with zero attached hydrogens (tertiary/aromatic N) is 5. The summed E-state index contributed by atoms with van der Waals surface area (Å²) in [6.45, 7) is 5.65. The SMILES string of the molecule is C=NCc1c(N)sc2c(F)cnc(-c3c4c(c5c(OCCOC)nc(OCC67CCCN6C[C@H](F)C7)nc5c3F)COC4)c12. The second-order valence-electron chi connectivity index (χ2n) is 11.4. The van der Waals surface area contributed by atoms with E-state index in [9.17, 15) is 8.78 Å². The van der Waals surface area contributed by atoms with Crippen molar-refractivity contribution in [2.24, 2.45) is 4.99 Å². The van der Waals surface area contributed by atoms with Gasteiger partial charge in [0.1, 0.15) is 24.9 Å². The molecule has 1 aromatic carbocycles. The predicted molar refractivity (Wildman–Crippen MR) is 160 cm³/mol. The van der Waals surface area contributed by atoms with E-state index >= 15 is 4.39 Å². The summed E-state index contributed by atoms with van der Waals surface area (Å²) in [6, 6.07) is -0.0919. The van der Waals surface area contributed by atoms with Gasteiger partial charge in [0.25, 0.3) is 0 Å². The van der Waals surface area contributed by atoms with Gasteiger partial charge < -0.3 is 24.7 Å². The van der Waals surface area contributed by atoms with Crippen LogP contribution in [0.25, 0.3) is 32.2 Å². The topological polar surface area (TPSA) is 117 Å². The molecule has 2 saturated heterocycles. The molecule has 14 heteroatoms. The van der Waals surface area contributed by atoms with Gasteiger partial charge in [-0.3, -0.25) is 14.9 Å². The lowest BCUT2D eigenvalue weighted by molar-refractivity contribution is 0.106. The molecule has 1 unspecified atom stereocenters. The Morgan fingerprint density at radius 1 is 1.20 bits per heavy atom. The number of ether oxygens (including phenoxy) is 4. The van der Waals surface area contributed by atoms with Gasteiger partial charge in [-0.2, -0.15) is 9.97 Å². The molecule has 4 aromatic rings. The quantitative estimate of drug-likeness (QED) is 0.192. The molecule has 0 radical (unpaired) electrons. The molecule has 7 rings (SSSR count). The molecule has 3 aromatic heterocycles. The Labute approximate surface area is 255 Å². The van der Waals surface area contributed by atoms with Crippen LogP contribution in [0.1, 0.15) is 36.0 Å². The third-order valence-electron chi connectivity index (χ3n) is 8.81. The van der Waals surface area contributed by atoms with Gasteiger partial charge in [0, 0.05) is 36.6 Å². The minimum Gasteiger partial charge on any atom is -0.475 e. The van der Waals surface area contributed by atoms with Crippen LogP contribution in [0.3, 0.4) is 0 Å². The van der Waals surface area contributed by atoms with Crippen LogP contribution < -0.4 is 15.2 Å². The Morgan fingerprint density at radius 2 is 2.05 bits per heavy atom. The largest absolute Gasteiger partial charge is 0.475 e. The number of aliphatic imine (C=N–C) groups is 1. The van der Waals surface area contributed by atoms with Crippen LogP contribution in [-0.2, 0) is 29.2 Å². The molecule has 0 spiro atoms. The fourth-order valence-electron chi connectivity index (χ4n) is 6.87. The van der Waals surface area contributed by atoms with Crippen molar-refractivity contribution in [2.75, 3.05) is 45.8 Å². The fourth-order valence-corrected chi connectivity index (χ4v) is 7.85. The normalized spacial score (nSPS) is 21.3. The zero-order valence-corrected chi connectivity index (χ0v) is 24.9. The Balaban J connectivity index is 1.41. The van der Waals surface area contributed by atoms with Crippen LogP contribution in [0, 0.1) is 11.6 Å². The number of nitrogen functional groups attached to an aromatic ring is 1. The van der Waals surface area contributed by atoms with Crippen molar-refractivity contribution in [3.8, 4) is 23.1 Å². The maximum Gasteiger partial charge on any atom is 0.320 e. The van der Waals surface area contributed by atoms with Crippen LogP contribution in [0.5, 0.6) is 11.9 Å². The van der Waals surface area contributed by atoms with Crippen molar-refractivity contribution in [3.63, 3.8) is 0 Å². The Kier molecular flexibility index (Phi) is 7.55. The van der Waals surface area contributed by atoms with Gasteiger partial charge in [0.05, 0.1) is 58.9 Å². The van der Waals surface area contributed by atoms with E-state index in [0.717, 1.165) is 36.9 Å².